The van der Waals surface area contributed by atoms with Gasteiger partial charge in [0.2, 0.25) is 0 Å². The lowest BCUT2D eigenvalue weighted by atomic mass is 9.95. The van der Waals surface area contributed by atoms with Crippen LogP contribution in [-0.2, 0) is 0 Å². The van der Waals surface area contributed by atoms with Crippen molar-refractivity contribution in [2.24, 2.45) is 0 Å². The minimum absolute atomic E-state index is 0.0359. The zero-order chi connectivity index (χ0) is 15.4. The Hall–Kier alpha value is -2.40. The Morgan fingerprint density at radius 3 is 2.33 bits per heavy atom. The molecule has 0 saturated heterocycles. The van der Waals surface area contributed by atoms with Gasteiger partial charge < -0.3 is 9.84 Å². The van der Waals surface area contributed by atoms with Gasteiger partial charge in [-0.05, 0) is 35.4 Å². The highest BCUT2D eigenvalue weighted by molar-refractivity contribution is 5.67. The Morgan fingerprint density at radius 1 is 1.19 bits per heavy atom. The van der Waals surface area contributed by atoms with Crippen molar-refractivity contribution in [3.63, 3.8) is 0 Å². The van der Waals surface area contributed by atoms with E-state index in [0.29, 0.717) is 5.56 Å². The van der Waals surface area contributed by atoms with Crippen LogP contribution in [0.5, 0.6) is 5.75 Å². The van der Waals surface area contributed by atoms with Crippen LogP contribution in [-0.4, -0.2) is 23.7 Å². The Morgan fingerprint density at radius 2 is 1.81 bits per heavy atom. The Balaban J connectivity index is 2.47. The average molecular weight is 287 g/mol. The highest BCUT2D eigenvalue weighted by Crippen LogP contribution is 2.32. The fraction of sp³-hybridized carbons (Fsp3) is 0.250. The van der Waals surface area contributed by atoms with Crippen molar-refractivity contribution in [2.75, 3.05) is 13.7 Å². The van der Waals surface area contributed by atoms with Gasteiger partial charge in [-0.2, -0.15) is 0 Å². The van der Waals surface area contributed by atoms with E-state index in [4.69, 9.17) is 4.74 Å². The summed E-state index contributed by atoms with van der Waals surface area (Å²) in [6, 6.07) is 12.4. The third-order valence-electron chi connectivity index (χ3n) is 3.45. The first-order valence-electron chi connectivity index (χ1n) is 6.60. The van der Waals surface area contributed by atoms with Gasteiger partial charge >= 0.3 is 0 Å². The van der Waals surface area contributed by atoms with Crippen LogP contribution in [0.1, 0.15) is 18.4 Å². The standard InChI is InChI=1S/C16H17NO4/c1-11(10-18)15-9-13(5-8-16(15)17(19)20)12-3-6-14(21-2)7-4-12/h3-9,11,18H,10H2,1-2H3. The fourth-order valence-electron chi connectivity index (χ4n) is 2.18. The summed E-state index contributed by atoms with van der Waals surface area (Å²) in [5.41, 5.74) is 2.39. The predicted octanol–water partition coefficient (Wildman–Crippen LogP) is 3.37. The van der Waals surface area contributed by atoms with E-state index in [0.717, 1.165) is 16.9 Å². The maximum atomic E-state index is 11.1. The van der Waals surface area contributed by atoms with Crippen molar-refractivity contribution in [3.8, 4) is 16.9 Å². The molecule has 0 fully saturated rings. The number of hydrogen-bond donors (Lipinski definition) is 1. The number of nitro benzene ring substituents is 1. The summed E-state index contributed by atoms with van der Waals surface area (Å²) in [7, 11) is 1.60. The molecular formula is C16H17NO4. The third kappa shape index (κ3) is 3.20. The lowest BCUT2D eigenvalue weighted by molar-refractivity contribution is -0.385. The lowest BCUT2D eigenvalue weighted by Crippen LogP contribution is -2.03. The Bertz CT molecular complexity index is 637. The van der Waals surface area contributed by atoms with Gasteiger partial charge in [-0.1, -0.05) is 19.1 Å². The van der Waals surface area contributed by atoms with E-state index in [-0.39, 0.29) is 18.2 Å². The molecule has 2 aromatic rings. The smallest absolute Gasteiger partial charge is 0.272 e. The fourth-order valence-corrected chi connectivity index (χ4v) is 2.18. The molecule has 0 spiro atoms. The van der Waals surface area contributed by atoms with Crippen molar-refractivity contribution in [3.05, 3.63) is 58.1 Å². The topological polar surface area (TPSA) is 72.6 Å². The van der Waals surface area contributed by atoms with Gasteiger partial charge in [-0.3, -0.25) is 10.1 Å². The molecule has 0 bridgehead atoms. The van der Waals surface area contributed by atoms with E-state index < -0.39 is 4.92 Å². The molecule has 0 aromatic heterocycles. The van der Waals surface area contributed by atoms with E-state index in [9.17, 15) is 15.2 Å². The molecule has 21 heavy (non-hydrogen) atoms. The summed E-state index contributed by atoms with van der Waals surface area (Å²) in [6.45, 7) is 1.63. The third-order valence-corrected chi connectivity index (χ3v) is 3.45. The second-order valence-electron chi connectivity index (χ2n) is 4.84. The summed E-state index contributed by atoms with van der Waals surface area (Å²) >= 11 is 0. The monoisotopic (exact) mass is 287 g/mol. The summed E-state index contributed by atoms with van der Waals surface area (Å²) < 4.78 is 5.11. The minimum Gasteiger partial charge on any atom is -0.497 e. The quantitative estimate of drug-likeness (QED) is 0.676. The first-order valence-corrected chi connectivity index (χ1v) is 6.60. The van der Waals surface area contributed by atoms with Gasteiger partial charge in [0.25, 0.3) is 5.69 Å². The molecule has 5 nitrogen and oxygen atoms in total. The lowest BCUT2D eigenvalue weighted by Gasteiger charge is -2.11. The average Bonchev–Trinajstić information content (AvgIpc) is 2.53. The SMILES string of the molecule is COc1ccc(-c2ccc([N+](=O)[O-])c(C(C)CO)c2)cc1. The van der Waals surface area contributed by atoms with Gasteiger partial charge in [0.1, 0.15) is 5.75 Å². The number of methoxy groups -OCH3 is 1. The minimum atomic E-state index is -0.417. The Kier molecular flexibility index (Phi) is 4.55. The molecule has 1 atom stereocenters. The van der Waals surface area contributed by atoms with E-state index in [2.05, 4.69) is 0 Å². The van der Waals surface area contributed by atoms with E-state index >= 15 is 0 Å². The van der Waals surface area contributed by atoms with E-state index in [1.807, 2.05) is 24.3 Å². The molecular weight excluding hydrogens is 270 g/mol. The molecule has 0 radical (unpaired) electrons. The number of ether oxygens (including phenoxy) is 1. The van der Waals surface area contributed by atoms with Crippen LogP contribution in [0.2, 0.25) is 0 Å². The molecule has 2 aromatic carbocycles. The van der Waals surface area contributed by atoms with Crippen molar-refractivity contribution in [1.29, 1.82) is 0 Å². The van der Waals surface area contributed by atoms with Crippen LogP contribution in [0.25, 0.3) is 11.1 Å². The number of aliphatic hydroxyl groups is 1. The maximum Gasteiger partial charge on any atom is 0.272 e. The number of hydrogen-bond acceptors (Lipinski definition) is 4. The zero-order valence-electron chi connectivity index (χ0n) is 11.9. The zero-order valence-corrected chi connectivity index (χ0v) is 11.9. The van der Waals surface area contributed by atoms with Gasteiger partial charge in [-0.25, -0.2) is 0 Å². The van der Waals surface area contributed by atoms with Gasteiger partial charge in [0, 0.05) is 24.2 Å². The highest BCUT2D eigenvalue weighted by atomic mass is 16.6. The summed E-state index contributed by atoms with van der Waals surface area (Å²) in [5.74, 6) is 0.466. The highest BCUT2D eigenvalue weighted by Gasteiger charge is 2.19. The number of benzene rings is 2. The van der Waals surface area contributed by atoms with Crippen molar-refractivity contribution in [1.82, 2.24) is 0 Å². The number of rotatable bonds is 5. The molecule has 110 valence electrons. The summed E-state index contributed by atoms with van der Waals surface area (Å²) in [4.78, 5) is 10.7. The van der Waals surface area contributed by atoms with Crippen LogP contribution in [0.15, 0.2) is 42.5 Å². The Labute approximate surface area is 123 Å². The maximum absolute atomic E-state index is 11.1. The summed E-state index contributed by atoms with van der Waals surface area (Å²) in [6.07, 6.45) is 0. The van der Waals surface area contributed by atoms with Gasteiger partial charge in [-0.15, -0.1) is 0 Å². The molecule has 0 amide bonds. The molecule has 1 unspecified atom stereocenters. The molecule has 0 saturated carbocycles. The molecule has 5 heteroatoms. The van der Waals surface area contributed by atoms with Crippen LogP contribution in [0.3, 0.4) is 0 Å². The second kappa shape index (κ2) is 6.37. The first kappa shape index (κ1) is 15.0. The van der Waals surface area contributed by atoms with Crippen LogP contribution < -0.4 is 4.74 Å². The van der Waals surface area contributed by atoms with Gasteiger partial charge in [0.15, 0.2) is 0 Å². The van der Waals surface area contributed by atoms with Crippen LogP contribution in [0.4, 0.5) is 5.69 Å². The second-order valence-corrected chi connectivity index (χ2v) is 4.84. The van der Waals surface area contributed by atoms with Crippen molar-refractivity contribution < 1.29 is 14.8 Å². The number of nitrogens with zero attached hydrogens (tertiary/aromatic N) is 1. The largest absolute Gasteiger partial charge is 0.497 e. The predicted molar refractivity (Wildman–Crippen MR) is 80.6 cm³/mol. The molecule has 1 N–H and O–H groups in total. The van der Waals surface area contributed by atoms with Crippen molar-refractivity contribution in [2.45, 2.75) is 12.8 Å². The van der Waals surface area contributed by atoms with Crippen LogP contribution in [0, 0.1) is 10.1 Å². The van der Waals surface area contributed by atoms with E-state index in [1.165, 1.54) is 6.07 Å². The normalized spacial score (nSPS) is 12.0. The molecule has 2 rings (SSSR count). The van der Waals surface area contributed by atoms with Crippen LogP contribution >= 0.6 is 0 Å². The summed E-state index contributed by atoms with van der Waals surface area (Å²) in [5, 5.41) is 20.4. The molecule has 0 aliphatic heterocycles. The number of nitro groups is 1. The first-order chi connectivity index (χ1) is 10.1. The van der Waals surface area contributed by atoms with E-state index in [1.54, 1.807) is 26.2 Å². The number of aliphatic hydroxyl groups excluding tert-OH is 1. The molecule has 0 aliphatic carbocycles. The van der Waals surface area contributed by atoms with Crippen molar-refractivity contribution >= 4 is 5.69 Å². The molecule has 0 heterocycles. The molecule has 0 aliphatic rings. The van der Waals surface area contributed by atoms with Gasteiger partial charge in [0.05, 0.1) is 12.0 Å².